The summed E-state index contributed by atoms with van der Waals surface area (Å²) in [5, 5.41) is 11.3. The van der Waals surface area contributed by atoms with Gasteiger partial charge in [-0.1, -0.05) is 22.6 Å². The Bertz CT molecular complexity index is 425. The second kappa shape index (κ2) is 4.84. The number of nitrogens with one attached hydrogen (secondary N) is 1. The molecule has 6 nitrogen and oxygen atoms in total. The van der Waals surface area contributed by atoms with E-state index >= 15 is 0 Å². The number of carbonyl (C=O) groups is 3. The van der Waals surface area contributed by atoms with Gasteiger partial charge in [-0.15, -0.1) is 11.8 Å². The number of halogens is 1. The van der Waals surface area contributed by atoms with Crippen molar-refractivity contribution < 1.29 is 19.5 Å². The van der Waals surface area contributed by atoms with Crippen molar-refractivity contribution in [2.45, 2.75) is 11.4 Å². The second-order valence-corrected chi connectivity index (χ2v) is 5.43. The number of alkyl halides is 1. The number of hydrogen-bond acceptors (Lipinski definition) is 4. The summed E-state index contributed by atoms with van der Waals surface area (Å²) in [5.41, 5.74) is 0.828. The fraction of sp³-hybridized carbons (Fsp3) is 0.444. The summed E-state index contributed by atoms with van der Waals surface area (Å²) in [6.45, 7) is 0. The highest BCUT2D eigenvalue weighted by atomic mass is 127. The van der Waals surface area contributed by atoms with Crippen LogP contribution in [0.2, 0.25) is 0 Å². The van der Waals surface area contributed by atoms with Crippen molar-refractivity contribution in [3.8, 4) is 0 Å². The van der Waals surface area contributed by atoms with E-state index in [0.717, 1.165) is 5.57 Å². The van der Waals surface area contributed by atoms with E-state index in [0.29, 0.717) is 16.6 Å². The van der Waals surface area contributed by atoms with E-state index in [1.165, 1.54) is 16.7 Å². The van der Waals surface area contributed by atoms with Gasteiger partial charge in [0.2, 0.25) is 6.41 Å². The Morgan fingerprint density at radius 3 is 2.94 bits per heavy atom. The minimum absolute atomic E-state index is 0.0806. The summed E-state index contributed by atoms with van der Waals surface area (Å²) < 4.78 is 0.578. The SMILES string of the molecule is O=CNC1C(=O)N2C(C(=O)O)=C(CI)CS[C@@H]12. The van der Waals surface area contributed by atoms with Crippen molar-refractivity contribution in [1.29, 1.82) is 0 Å². The molecule has 0 bridgehead atoms. The van der Waals surface area contributed by atoms with Crippen molar-refractivity contribution >= 4 is 52.6 Å². The first-order valence-corrected chi connectivity index (χ1v) is 7.35. The number of amides is 2. The van der Waals surface area contributed by atoms with E-state index in [2.05, 4.69) is 27.9 Å². The summed E-state index contributed by atoms with van der Waals surface area (Å²) in [7, 11) is 0. The molecule has 1 fully saturated rings. The maximum absolute atomic E-state index is 11.8. The second-order valence-electron chi connectivity index (χ2n) is 3.56. The lowest BCUT2D eigenvalue weighted by Gasteiger charge is -2.49. The van der Waals surface area contributed by atoms with Crippen molar-refractivity contribution in [3.63, 3.8) is 0 Å². The molecule has 0 aromatic carbocycles. The molecule has 0 radical (unpaired) electrons. The summed E-state index contributed by atoms with van der Waals surface area (Å²) in [5.74, 6) is -0.857. The third-order valence-corrected chi connectivity index (χ3v) is 4.92. The van der Waals surface area contributed by atoms with Crippen LogP contribution in [0.25, 0.3) is 0 Å². The summed E-state index contributed by atoms with van der Waals surface area (Å²) in [6, 6.07) is -0.595. The molecule has 1 saturated heterocycles. The first-order valence-electron chi connectivity index (χ1n) is 4.77. The average molecular weight is 368 g/mol. The molecule has 92 valence electrons. The van der Waals surface area contributed by atoms with Crippen LogP contribution in [0.3, 0.4) is 0 Å². The van der Waals surface area contributed by atoms with E-state index in [9.17, 15) is 14.4 Å². The van der Waals surface area contributed by atoms with Gasteiger partial charge in [0, 0.05) is 10.2 Å². The number of aliphatic carboxylic acids is 1. The van der Waals surface area contributed by atoms with E-state index < -0.39 is 12.0 Å². The Hall–Kier alpha value is -0.770. The van der Waals surface area contributed by atoms with Crippen LogP contribution in [-0.4, -0.2) is 49.9 Å². The molecule has 2 N–H and O–H groups in total. The Kier molecular flexibility index (Phi) is 3.61. The average Bonchev–Trinajstić information content (AvgIpc) is 2.33. The minimum Gasteiger partial charge on any atom is -0.477 e. The van der Waals surface area contributed by atoms with Gasteiger partial charge in [0.05, 0.1) is 0 Å². The zero-order valence-electron chi connectivity index (χ0n) is 8.55. The van der Waals surface area contributed by atoms with Gasteiger partial charge >= 0.3 is 5.97 Å². The van der Waals surface area contributed by atoms with Gasteiger partial charge in [-0.2, -0.15) is 0 Å². The maximum Gasteiger partial charge on any atom is 0.352 e. The van der Waals surface area contributed by atoms with Crippen LogP contribution in [0.4, 0.5) is 0 Å². The molecule has 2 aliphatic rings. The lowest BCUT2D eigenvalue weighted by molar-refractivity contribution is -0.149. The predicted molar refractivity (Wildman–Crippen MR) is 69.6 cm³/mol. The number of β-lactam (4-membered cyclic amide) rings is 1. The van der Waals surface area contributed by atoms with Crippen LogP contribution < -0.4 is 5.32 Å². The molecule has 2 heterocycles. The van der Waals surface area contributed by atoms with Gasteiger partial charge in [-0.25, -0.2) is 4.79 Å². The van der Waals surface area contributed by atoms with Crippen LogP contribution in [0.15, 0.2) is 11.3 Å². The highest BCUT2D eigenvalue weighted by Crippen LogP contribution is 2.40. The molecule has 0 saturated carbocycles. The molecule has 0 aromatic heterocycles. The highest BCUT2D eigenvalue weighted by Gasteiger charge is 2.53. The van der Waals surface area contributed by atoms with Crippen molar-refractivity contribution in [3.05, 3.63) is 11.3 Å². The van der Waals surface area contributed by atoms with E-state index in [4.69, 9.17) is 5.11 Å². The van der Waals surface area contributed by atoms with Crippen LogP contribution >= 0.6 is 34.4 Å². The largest absolute Gasteiger partial charge is 0.477 e. The van der Waals surface area contributed by atoms with Gasteiger partial charge < -0.3 is 10.4 Å². The van der Waals surface area contributed by atoms with Gasteiger partial charge in [-0.05, 0) is 5.57 Å². The number of thioether (sulfide) groups is 1. The zero-order valence-corrected chi connectivity index (χ0v) is 11.5. The van der Waals surface area contributed by atoms with Gasteiger partial charge in [0.1, 0.15) is 17.1 Å². The number of rotatable bonds is 4. The molecule has 2 rings (SSSR count). The van der Waals surface area contributed by atoms with Crippen LogP contribution in [0.1, 0.15) is 0 Å². The van der Waals surface area contributed by atoms with Crippen LogP contribution in [0.5, 0.6) is 0 Å². The molecule has 2 aliphatic heterocycles. The number of carboxylic acid groups (broad SMARTS) is 1. The number of nitrogens with zero attached hydrogens (tertiary/aromatic N) is 1. The molecule has 0 aromatic rings. The molecular formula is C9H9IN2O4S. The Morgan fingerprint density at radius 2 is 2.41 bits per heavy atom. The smallest absolute Gasteiger partial charge is 0.352 e. The standard InChI is InChI=1S/C9H9IN2O4S/c10-1-4-2-17-8-5(11-3-13)7(14)12(8)6(4)9(15)16/h3,5,8H,1-2H2,(H,11,13)(H,15,16)/t5?,8-/m0/s1. The summed E-state index contributed by atoms with van der Waals surface area (Å²) in [6.07, 6.45) is 0.471. The van der Waals surface area contributed by atoms with Gasteiger partial charge in [-0.3, -0.25) is 14.5 Å². The minimum atomic E-state index is -1.08. The molecule has 2 atom stereocenters. The first kappa shape index (κ1) is 12.7. The number of fused-ring (bicyclic) bond motifs is 1. The monoisotopic (exact) mass is 368 g/mol. The lowest BCUT2D eigenvalue weighted by Crippen LogP contribution is -2.69. The van der Waals surface area contributed by atoms with Crippen molar-refractivity contribution in [1.82, 2.24) is 10.2 Å². The number of hydrogen-bond donors (Lipinski definition) is 2. The molecule has 1 unspecified atom stereocenters. The summed E-state index contributed by atoms with van der Waals surface area (Å²) >= 11 is 3.56. The molecule has 17 heavy (non-hydrogen) atoms. The topological polar surface area (TPSA) is 86.7 Å². The number of carbonyl (C=O) groups excluding carboxylic acids is 2. The number of carboxylic acids is 1. The van der Waals surface area contributed by atoms with Crippen LogP contribution in [0, 0.1) is 0 Å². The van der Waals surface area contributed by atoms with Gasteiger partial charge in [0.15, 0.2) is 0 Å². The summed E-state index contributed by atoms with van der Waals surface area (Å²) in [4.78, 5) is 34.5. The maximum atomic E-state index is 11.8. The molecule has 0 spiro atoms. The van der Waals surface area contributed by atoms with Crippen LogP contribution in [-0.2, 0) is 14.4 Å². The van der Waals surface area contributed by atoms with E-state index in [1.807, 2.05) is 0 Å². The quantitative estimate of drug-likeness (QED) is 0.310. The normalized spacial score (nSPS) is 27.4. The molecular weight excluding hydrogens is 359 g/mol. The predicted octanol–water partition coefficient (Wildman–Crippen LogP) is -0.210. The highest BCUT2D eigenvalue weighted by molar-refractivity contribution is 14.1. The van der Waals surface area contributed by atoms with Gasteiger partial charge in [0.25, 0.3) is 5.91 Å². The Morgan fingerprint density at radius 1 is 1.71 bits per heavy atom. The lowest BCUT2D eigenvalue weighted by atomic mass is 10.0. The Labute approximate surface area is 115 Å². The third kappa shape index (κ3) is 1.92. The first-order chi connectivity index (χ1) is 8.11. The molecule has 0 aliphatic carbocycles. The van der Waals surface area contributed by atoms with Crippen molar-refractivity contribution in [2.75, 3.05) is 10.2 Å². The molecule has 8 heteroatoms. The fourth-order valence-corrected chi connectivity index (χ4v) is 4.23. The van der Waals surface area contributed by atoms with E-state index in [1.54, 1.807) is 0 Å². The fourth-order valence-electron chi connectivity index (χ4n) is 1.88. The molecule has 2 amide bonds. The third-order valence-electron chi connectivity index (χ3n) is 2.66. The Balaban J connectivity index is 2.29. The van der Waals surface area contributed by atoms with E-state index in [-0.39, 0.29) is 17.0 Å². The zero-order chi connectivity index (χ0) is 12.6. The van der Waals surface area contributed by atoms with Crippen molar-refractivity contribution in [2.24, 2.45) is 0 Å².